The standard InChI is InChI=1S/C26H23I/c1-5-6-9-20-17(2)8-7-10-21(20)18-11-13-22-23-14-12-19(27)16-25(23)26(3,4)24(22)15-18/h5-16H,1H2,2-4H3/b9-6-. The number of halogens is 1. The predicted molar refractivity (Wildman–Crippen MR) is 126 cm³/mol. The summed E-state index contributed by atoms with van der Waals surface area (Å²) in [5, 5.41) is 0. The highest BCUT2D eigenvalue weighted by Gasteiger charge is 2.35. The second kappa shape index (κ2) is 6.79. The van der Waals surface area contributed by atoms with E-state index >= 15 is 0 Å². The Morgan fingerprint density at radius 1 is 0.889 bits per heavy atom. The molecule has 1 aliphatic carbocycles. The van der Waals surface area contributed by atoms with Gasteiger partial charge in [-0.1, -0.05) is 75.1 Å². The van der Waals surface area contributed by atoms with E-state index in [4.69, 9.17) is 0 Å². The Bertz CT molecular complexity index is 1080. The van der Waals surface area contributed by atoms with E-state index in [9.17, 15) is 0 Å². The molecule has 0 atom stereocenters. The number of hydrogen-bond acceptors (Lipinski definition) is 0. The van der Waals surface area contributed by atoms with E-state index in [0.717, 1.165) is 0 Å². The lowest BCUT2D eigenvalue weighted by Crippen LogP contribution is -2.15. The van der Waals surface area contributed by atoms with Crippen LogP contribution < -0.4 is 0 Å². The molecule has 1 aliphatic rings. The van der Waals surface area contributed by atoms with Crippen molar-refractivity contribution in [3.8, 4) is 22.3 Å². The number of fused-ring (bicyclic) bond motifs is 3. The fourth-order valence-electron chi connectivity index (χ4n) is 4.20. The van der Waals surface area contributed by atoms with Gasteiger partial charge in [0, 0.05) is 8.99 Å². The maximum absolute atomic E-state index is 3.82. The quantitative estimate of drug-likeness (QED) is 0.276. The third-order valence-corrected chi connectivity index (χ3v) is 6.34. The van der Waals surface area contributed by atoms with Gasteiger partial charge in [-0.2, -0.15) is 0 Å². The lowest BCUT2D eigenvalue weighted by molar-refractivity contribution is 0.660. The van der Waals surface area contributed by atoms with Gasteiger partial charge in [0.25, 0.3) is 0 Å². The van der Waals surface area contributed by atoms with Crippen molar-refractivity contribution in [3.05, 3.63) is 99.2 Å². The van der Waals surface area contributed by atoms with Gasteiger partial charge in [-0.25, -0.2) is 0 Å². The molecule has 3 aromatic carbocycles. The molecule has 27 heavy (non-hydrogen) atoms. The molecular weight excluding hydrogens is 439 g/mol. The molecule has 1 heteroatoms. The minimum Gasteiger partial charge on any atom is -0.0991 e. The predicted octanol–water partition coefficient (Wildman–Crippen LogP) is 7.77. The minimum absolute atomic E-state index is 0.0167. The second-order valence-corrected chi connectivity index (χ2v) is 8.95. The van der Waals surface area contributed by atoms with E-state index in [1.807, 2.05) is 12.2 Å². The van der Waals surface area contributed by atoms with E-state index in [1.54, 1.807) is 0 Å². The van der Waals surface area contributed by atoms with E-state index in [-0.39, 0.29) is 5.41 Å². The highest BCUT2D eigenvalue weighted by Crippen LogP contribution is 2.50. The van der Waals surface area contributed by atoms with Crippen molar-refractivity contribution < 1.29 is 0 Å². The van der Waals surface area contributed by atoms with Crippen LogP contribution in [0.15, 0.2) is 73.3 Å². The van der Waals surface area contributed by atoms with E-state index in [1.165, 1.54) is 48.1 Å². The Balaban J connectivity index is 1.91. The first-order valence-electron chi connectivity index (χ1n) is 9.27. The molecule has 0 amide bonds. The molecule has 0 fully saturated rings. The third kappa shape index (κ3) is 2.98. The minimum atomic E-state index is 0.0167. The van der Waals surface area contributed by atoms with Crippen molar-refractivity contribution >= 4 is 28.7 Å². The Morgan fingerprint density at radius 2 is 1.59 bits per heavy atom. The van der Waals surface area contributed by atoms with Crippen molar-refractivity contribution in [2.45, 2.75) is 26.2 Å². The molecule has 0 aliphatic heterocycles. The van der Waals surface area contributed by atoms with Crippen LogP contribution in [-0.2, 0) is 5.41 Å². The molecule has 134 valence electrons. The Kier molecular flexibility index (Phi) is 4.59. The summed E-state index contributed by atoms with van der Waals surface area (Å²) in [5.74, 6) is 0. The Morgan fingerprint density at radius 3 is 2.33 bits per heavy atom. The number of aryl methyl sites for hydroxylation is 1. The fraction of sp³-hybridized carbons (Fsp3) is 0.154. The number of hydrogen-bond donors (Lipinski definition) is 0. The van der Waals surface area contributed by atoms with Crippen LogP contribution in [0.5, 0.6) is 0 Å². The van der Waals surface area contributed by atoms with Gasteiger partial charge in [-0.15, -0.1) is 0 Å². The van der Waals surface area contributed by atoms with Gasteiger partial charge in [0.05, 0.1) is 0 Å². The summed E-state index contributed by atoms with van der Waals surface area (Å²) in [6.45, 7) is 10.7. The van der Waals surface area contributed by atoms with Crippen molar-refractivity contribution in [1.82, 2.24) is 0 Å². The summed E-state index contributed by atoms with van der Waals surface area (Å²) in [5.41, 5.74) is 10.7. The van der Waals surface area contributed by atoms with E-state index in [0.29, 0.717) is 0 Å². The van der Waals surface area contributed by atoms with E-state index < -0.39 is 0 Å². The summed E-state index contributed by atoms with van der Waals surface area (Å²) in [6.07, 6.45) is 6.01. The third-order valence-electron chi connectivity index (χ3n) is 5.67. The first-order valence-corrected chi connectivity index (χ1v) is 10.4. The summed E-state index contributed by atoms with van der Waals surface area (Å²) < 4.78 is 1.29. The number of allylic oxidation sites excluding steroid dienone is 2. The maximum Gasteiger partial charge on any atom is 0.0159 e. The molecule has 0 heterocycles. The Hall–Kier alpha value is -2.13. The SMILES string of the molecule is C=C/C=C\c1c(C)cccc1-c1ccc2c(c1)C(C)(C)c1cc(I)ccc1-2. The first kappa shape index (κ1) is 18.2. The normalized spacial score (nSPS) is 14.2. The lowest BCUT2D eigenvalue weighted by Gasteiger charge is -2.22. The topological polar surface area (TPSA) is 0 Å². The first-order chi connectivity index (χ1) is 12.9. The number of rotatable bonds is 3. The molecule has 0 aromatic heterocycles. The van der Waals surface area contributed by atoms with E-state index in [2.05, 4.69) is 111 Å². The van der Waals surface area contributed by atoms with Crippen molar-refractivity contribution in [3.63, 3.8) is 0 Å². The van der Waals surface area contributed by atoms with Gasteiger partial charge in [-0.3, -0.25) is 0 Å². The average molecular weight is 462 g/mol. The van der Waals surface area contributed by atoms with Gasteiger partial charge < -0.3 is 0 Å². The molecular formula is C26H23I. The monoisotopic (exact) mass is 462 g/mol. The maximum atomic E-state index is 3.82. The zero-order valence-electron chi connectivity index (χ0n) is 16.0. The van der Waals surface area contributed by atoms with Gasteiger partial charge in [0.1, 0.15) is 0 Å². The summed E-state index contributed by atoms with van der Waals surface area (Å²) in [4.78, 5) is 0. The second-order valence-electron chi connectivity index (χ2n) is 7.71. The molecule has 0 bridgehead atoms. The lowest BCUT2D eigenvalue weighted by atomic mass is 9.81. The molecule has 0 unspecified atom stereocenters. The van der Waals surface area contributed by atoms with Gasteiger partial charge >= 0.3 is 0 Å². The van der Waals surface area contributed by atoms with Crippen LogP contribution in [0.4, 0.5) is 0 Å². The smallest absolute Gasteiger partial charge is 0.0159 e. The zero-order valence-corrected chi connectivity index (χ0v) is 18.2. The highest BCUT2D eigenvalue weighted by atomic mass is 127. The van der Waals surface area contributed by atoms with Crippen molar-refractivity contribution in [1.29, 1.82) is 0 Å². The fourth-order valence-corrected chi connectivity index (χ4v) is 4.69. The van der Waals surface area contributed by atoms with Crippen LogP contribution in [0.1, 0.15) is 36.1 Å². The van der Waals surface area contributed by atoms with Crippen LogP contribution >= 0.6 is 22.6 Å². The van der Waals surface area contributed by atoms with Gasteiger partial charge in [0.15, 0.2) is 0 Å². The molecule has 0 nitrogen and oxygen atoms in total. The molecule has 0 spiro atoms. The van der Waals surface area contributed by atoms with Crippen LogP contribution in [0.25, 0.3) is 28.3 Å². The molecule has 3 aromatic rings. The van der Waals surface area contributed by atoms with Gasteiger partial charge in [-0.05, 0) is 92.2 Å². The Labute approximate surface area is 175 Å². The largest absolute Gasteiger partial charge is 0.0991 e. The number of benzene rings is 3. The molecule has 4 rings (SSSR count). The van der Waals surface area contributed by atoms with Gasteiger partial charge in [0.2, 0.25) is 0 Å². The molecule has 0 radical (unpaired) electrons. The van der Waals surface area contributed by atoms with Crippen LogP contribution in [0.3, 0.4) is 0 Å². The van der Waals surface area contributed by atoms with Crippen LogP contribution in [0.2, 0.25) is 0 Å². The van der Waals surface area contributed by atoms with Crippen molar-refractivity contribution in [2.24, 2.45) is 0 Å². The zero-order chi connectivity index (χ0) is 19.2. The molecule has 0 N–H and O–H groups in total. The molecule has 0 saturated heterocycles. The molecule has 0 saturated carbocycles. The summed E-state index contributed by atoms with van der Waals surface area (Å²) >= 11 is 2.41. The summed E-state index contributed by atoms with van der Waals surface area (Å²) in [6, 6.07) is 20.3. The van der Waals surface area contributed by atoms with Crippen molar-refractivity contribution in [2.75, 3.05) is 0 Å². The average Bonchev–Trinajstić information content (AvgIpc) is 2.87. The highest BCUT2D eigenvalue weighted by molar-refractivity contribution is 14.1. The summed E-state index contributed by atoms with van der Waals surface area (Å²) in [7, 11) is 0. The van der Waals surface area contributed by atoms with Crippen LogP contribution in [-0.4, -0.2) is 0 Å². The van der Waals surface area contributed by atoms with Crippen LogP contribution in [0, 0.1) is 10.5 Å².